The van der Waals surface area contributed by atoms with Gasteiger partial charge in [-0.05, 0) is 14.1 Å². The molecule has 0 aliphatic heterocycles. The van der Waals surface area contributed by atoms with Crippen molar-refractivity contribution in [2.75, 3.05) is 65.7 Å². The molecular weight excluding hydrogens is 274 g/mol. The summed E-state index contributed by atoms with van der Waals surface area (Å²) in [4.78, 5) is 10.7. The highest BCUT2D eigenvalue weighted by Crippen LogP contribution is 2.26. The molecule has 1 aromatic rings. The highest BCUT2D eigenvalue weighted by atomic mass is 16.5. The number of rotatable bonds is 10. The minimum atomic E-state index is 0.295. The van der Waals surface area contributed by atoms with Gasteiger partial charge in [-0.15, -0.1) is 0 Å². The average molecular weight is 299 g/mol. The maximum absolute atomic E-state index is 6.04. The molecule has 0 fully saturated rings. The van der Waals surface area contributed by atoms with Crippen molar-refractivity contribution in [1.82, 2.24) is 14.9 Å². The van der Waals surface area contributed by atoms with Gasteiger partial charge in [0.05, 0.1) is 6.61 Å². The Balaban J connectivity index is 2.82. The largest absolute Gasteiger partial charge is 0.474 e. The smallest absolute Gasteiger partial charge is 0.243 e. The van der Waals surface area contributed by atoms with Crippen LogP contribution < -0.4 is 15.8 Å². The number of likely N-dealkylation sites (N-methyl/N-ethyl adjacent to an activating group) is 1. The fourth-order valence-corrected chi connectivity index (χ4v) is 1.55. The van der Waals surface area contributed by atoms with Crippen LogP contribution in [-0.4, -0.2) is 69.5 Å². The fraction of sp³-hybridized carbons (Fsp3) is 0.692. The van der Waals surface area contributed by atoms with E-state index < -0.39 is 0 Å². The van der Waals surface area contributed by atoms with Crippen LogP contribution in [0.5, 0.6) is 5.88 Å². The highest BCUT2D eigenvalue weighted by molar-refractivity contribution is 5.66. The van der Waals surface area contributed by atoms with E-state index in [9.17, 15) is 0 Å². The molecule has 1 aromatic heterocycles. The molecule has 3 N–H and O–H groups in total. The number of anilines is 2. The van der Waals surface area contributed by atoms with Crippen molar-refractivity contribution in [3.05, 3.63) is 5.82 Å². The van der Waals surface area contributed by atoms with Crippen molar-refractivity contribution < 1.29 is 14.2 Å². The Morgan fingerprint density at radius 2 is 1.90 bits per heavy atom. The molecular formula is C13H25N5O3. The zero-order chi connectivity index (χ0) is 15.7. The summed E-state index contributed by atoms with van der Waals surface area (Å²) in [5, 5.41) is 3.19. The molecule has 1 rings (SSSR count). The number of hydrogen-bond donors (Lipinski definition) is 2. The van der Waals surface area contributed by atoms with Gasteiger partial charge in [0.1, 0.15) is 18.9 Å². The van der Waals surface area contributed by atoms with E-state index >= 15 is 0 Å². The molecule has 8 nitrogen and oxygen atoms in total. The molecule has 120 valence electrons. The molecule has 0 aliphatic carbocycles. The predicted molar refractivity (Wildman–Crippen MR) is 81.6 cm³/mol. The highest BCUT2D eigenvalue weighted by Gasteiger charge is 2.13. The number of aromatic nitrogens is 2. The number of ether oxygens (including phenoxy) is 3. The van der Waals surface area contributed by atoms with Gasteiger partial charge in [0, 0.05) is 27.3 Å². The van der Waals surface area contributed by atoms with Crippen LogP contribution in [0.2, 0.25) is 0 Å². The van der Waals surface area contributed by atoms with E-state index in [1.807, 2.05) is 14.1 Å². The fourth-order valence-electron chi connectivity index (χ4n) is 1.55. The van der Waals surface area contributed by atoms with Crippen LogP contribution >= 0.6 is 0 Å². The molecule has 0 aliphatic rings. The van der Waals surface area contributed by atoms with Crippen LogP contribution in [0.1, 0.15) is 5.82 Å². The van der Waals surface area contributed by atoms with Crippen LogP contribution in [0, 0.1) is 0 Å². The molecule has 1 heterocycles. The summed E-state index contributed by atoms with van der Waals surface area (Å²) in [5.74, 6) is 1.43. The number of nitrogens with one attached hydrogen (secondary N) is 1. The number of methoxy groups -OCH3 is 2. The maximum atomic E-state index is 6.04. The second-order valence-electron chi connectivity index (χ2n) is 4.71. The second-order valence-corrected chi connectivity index (χ2v) is 4.71. The third-order valence-electron chi connectivity index (χ3n) is 2.61. The van der Waals surface area contributed by atoms with Gasteiger partial charge in [-0.2, -0.15) is 4.98 Å². The van der Waals surface area contributed by atoms with E-state index in [1.165, 1.54) is 0 Å². The van der Waals surface area contributed by atoms with Crippen molar-refractivity contribution in [2.24, 2.45) is 0 Å². The zero-order valence-corrected chi connectivity index (χ0v) is 13.2. The van der Waals surface area contributed by atoms with Gasteiger partial charge in [-0.3, -0.25) is 0 Å². The Labute approximate surface area is 125 Å². The van der Waals surface area contributed by atoms with E-state index in [0.29, 0.717) is 43.0 Å². The summed E-state index contributed by atoms with van der Waals surface area (Å²) in [6.07, 6.45) is 0. The van der Waals surface area contributed by atoms with Crippen LogP contribution in [0.3, 0.4) is 0 Å². The molecule has 0 radical (unpaired) electrons. The van der Waals surface area contributed by atoms with Crippen molar-refractivity contribution in [3.63, 3.8) is 0 Å². The van der Waals surface area contributed by atoms with E-state index in [2.05, 4.69) is 20.2 Å². The Kier molecular flexibility index (Phi) is 7.73. The van der Waals surface area contributed by atoms with Crippen molar-refractivity contribution in [3.8, 4) is 5.88 Å². The van der Waals surface area contributed by atoms with Gasteiger partial charge in [0.25, 0.3) is 0 Å². The van der Waals surface area contributed by atoms with Gasteiger partial charge >= 0.3 is 0 Å². The van der Waals surface area contributed by atoms with Gasteiger partial charge in [0.15, 0.2) is 11.6 Å². The molecule has 0 spiro atoms. The van der Waals surface area contributed by atoms with Gasteiger partial charge in [-0.1, -0.05) is 0 Å². The molecule has 8 heteroatoms. The lowest BCUT2D eigenvalue weighted by Crippen LogP contribution is -2.22. The summed E-state index contributed by atoms with van der Waals surface area (Å²) >= 11 is 0. The number of nitrogen functional groups attached to an aromatic ring is 1. The number of nitrogens with two attached hydrogens (primary N) is 1. The molecule has 0 unspecified atom stereocenters. The number of hydrogen-bond acceptors (Lipinski definition) is 8. The topological polar surface area (TPSA) is 94.8 Å². The average Bonchev–Trinajstić information content (AvgIpc) is 2.43. The van der Waals surface area contributed by atoms with Crippen LogP contribution in [0.4, 0.5) is 11.5 Å². The first-order valence-corrected chi connectivity index (χ1v) is 6.74. The Hall–Kier alpha value is -1.64. The summed E-state index contributed by atoms with van der Waals surface area (Å²) in [7, 11) is 7.20. The summed E-state index contributed by atoms with van der Waals surface area (Å²) in [6, 6.07) is 0. The lowest BCUT2D eigenvalue weighted by Gasteiger charge is -2.15. The van der Waals surface area contributed by atoms with Crippen LogP contribution in [0.15, 0.2) is 0 Å². The molecule has 0 saturated heterocycles. The van der Waals surface area contributed by atoms with Gasteiger partial charge < -0.3 is 30.2 Å². The molecule has 21 heavy (non-hydrogen) atoms. The molecule has 0 saturated carbocycles. The lowest BCUT2D eigenvalue weighted by atomic mass is 10.4. The zero-order valence-electron chi connectivity index (χ0n) is 13.2. The number of nitrogens with zero attached hydrogens (tertiary/aromatic N) is 3. The lowest BCUT2D eigenvalue weighted by molar-refractivity contribution is 0.142. The third-order valence-corrected chi connectivity index (χ3v) is 2.61. The Morgan fingerprint density at radius 3 is 2.52 bits per heavy atom. The summed E-state index contributed by atoms with van der Waals surface area (Å²) < 4.78 is 15.5. The van der Waals surface area contributed by atoms with E-state index in [4.69, 9.17) is 19.9 Å². The molecule has 0 bridgehead atoms. The van der Waals surface area contributed by atoms with E-state index in [1.54, 1.807) is 14.2 Å². The third kappa shape index (κ3) is 6.11. The predicted octanol–water partition coefficient (Wildman–Crippen LogP) is 0.204. The molecule has 0 atom stereocenters. The first-order valence-electron chi connectivity index (χ1n) is 6.74. The van der Waals surface area contributed by atoms with Gasteiger partial charge in [-0.25, -0.2) is 4.98 Å². The maximum Gasteiger partial charge on any atom is 0.243 e. The first kappa shape index (κ1) is 17.4. The van der Waals surface area contributed by atoms with Crippen LogP contribution in [0.25, 0.3) is 0 Å². The monoisotopic (exact) mass is 299 g/mol. The van der Waals surface area contributed by atoms with Crippen molar-refractivity contribution in [2.45, 2.75) is 6.61 Å². The summed E-state index contributed by atoms with van der Waals surface area (Å²) in [6.45, 7) is 2.72. The minimum Gasteiger partial charge on any atom is -0.474 e. The SMILES string of the molecule is COCCOc1nc(COC)nc(NCCN(C)C)c1N. The second kappa shape index (κ2) is 9.32. The van der Waals surface area contributed by atoms with E-state index in [-0.39, 0.29) is 0 Å². The van der Waals surface area contributed by atoms with Crippen LogP contribution in [-0.2, 0) is 16.1 Å². The minimum absolute atomic E-state index is 0.295. The first-order chi connectivity index (χ1) is 10.1. The van der Waals surface area contributed by atoms with E-state index in [0.717, 1.165) is 13.1 Å². The molecule has 0 aromatic carbocycles. The normalized spacial score (nSPS) is 10.9. The van der Waals surface area contributed by atoms with Crippen molar-refractivity contribution in [1.29, 1.82) is 0 Å². The Bertz CT molecular complexity index is 429. The van der Waals surface area contributed by atoms with Crippen molar-refractivity contribution >= 4 is 11.5 Å². The van der Waals surface area contributed by atoms with Gasteiger partial charge in [0.2, 0.25) is 5.88 Å². The quantitative estimate of drug-likeness (QED) is 0.592. The summed E-state index contributed by atoms with van der Waals surface area (Å²) in [5.41, 5.74) is 6.43. The molecule has 0 amide bonds. The standard InChI is InChI=1S/C13H25N5O3/c1-18(2)6-5-15-12-11(14)13(21-8-7-19-3)17-10(16-12)9-20-4/h5-9,14H2,1-4H3,(H,15,16,17). The Morgan fingerprint density at radius 1 is 1.14 bits per heavy atom.